The van der Waals surface area contributed by atoms with Crippen LogP contribution in [0, 0.1) is 5.92 Å². The van der Waals surface area contributed by atoms with Crippen LogP contribution in [0.5, 0.6) is 0 Å². The van der Waals surface area contributed by atoms with Gasteiger partial charge in [0.1, 0.15) is 0 Å². The average Bonchev–Trinajstić information content (AvgIpc) is 2.53. The molecule has 6 nitrogen and oxygen atoms in total. The third-order valence-corrected chi connectivity index (χ3v) is 3.57. The van der Waals surface area contributed by atoms with Gasteiger partial charge in [0.2, 0.25) is 5.91 Å². The van der Waals surface area contributed by atoms with Gasteiger partial charge in [-0.1, -0.05) is 25.4 Å². The van der Waals surface area contributed by atoms with Crippen LogP contribution < -0.4 is 21.5 Å². The Balaban J connectivity index is 2.16. The van der Waals surface area contributed by atoms with Crippen molar-refractivity contribution in [2.24, 2.45) is 5.92 Å². The highest BCUT2D eigenvalue weighted by atomic mass is 35.5. The molecule has 0 spiro atoms. The van der Waals surface area contributed by atoms with Gasteiger partial charge in [-0.25, -0.2) is 0 Å². The Labute approximate surface area is 152 Å². The van der Waals surface area contributed by atoms with Crippen molar-refractivity contribution in [3.63, 3.8) is 0 Å². The van der Waals surface area contributed by atoms with Crippen LogP contribution in [0.25, 0.3) is 0 Å². The van der Waals surface area contributed by atoms with Gasteiger partial charge in [-0.2, -0.15) is 0 Å². The van der Waals surface area contributed by atoms with Gasteiger partial charge in [0.05, 0.1) is 0 Å². The Morgan fingerprint density at radius 2 is 1.75 bits per heavy atom. The molecule has 0 heterocycles. The SMILES string of the molecule is CC(C)CCNC(=S)NNC(=O)CCNC(=O)c1ccc(Cl)cc1. The molecule has 8 heteroatoms. The summed E-state index contributed by atoms with van der Waals surface area (Å²) >= 11 is 10.8. The van der Waals surface area contributed by atoms with Crippen molar-refractivity contribution < 1.29 is 9.59 Å². The number of hydrogen-bond donors (Lipinski definition) is 4. The zero-order chi connectivity index (χ0) is 17.9. The summed E-state index contributed by atoms with van der Waals surface area (Å²) in [6.07, 6.45) is 1.13. The lowest BCUT2D eigenvalue weighted by atomic mass is 10.1. The molecular formula is C16H23ClN4O2S. The standard InChI is InChI=1S/C16H23ClN4O2S/c1-11(2)7-9-19-16(24)21-20-14(22)8-10-18-15(23)12-3-5-13(17)6-4-12/h3-6,11H,7-10H2,1-2H3,(H,18,23)(H,20,22)(H2,19,21,24). The number of carbonyl (C=O) groups excluding carboxylic acids is 2. The maximum Gasteiger partial charge on any atom is 0.251 e. The number of amides is 2. The van der Waals surface area contributed by atoms with Crippen LogP contribution in [0.15, 0.2) is 24.3 Å². The molecule has 2 amide bonds. The lowest BCUT2D eigenvalue weighted by Gasteiger charge is -2.12. The molecule has 0 fully saturated rings. The minimum atomic E-state index is -0.264. The van der Waals surface area contributed by atoms with Crippen molar-refractivity contribution in [3.05, 3.63) is 34.9 Å². The van der Waals surface area contributed by atoms with Crippen LogP contribution >= 0.6 is 23.8 Å². The van der Waals surface area contributed by atoms with Gasteiger partial charge in [-0.15, -0.1) is 0 Å². The Morgan fingerprint density at radius 1 is 1.08 bits per heavy atom. The number of thiocarbonyl (C=S) groups is 1. The number of benzene rings is 1. The maximum absolute atomic E-state index is 11.8. The second-order valence-corrected chi connectivity index (χ2v) is 6.47. The molecule has 1 rings (SSSR count). The molecule has 4 N–H and O–H groups in total. The number of carbonyl (C=O) groups is 2. The number of halogens is 1. The molecule has 1 aromatic carbocycles. The summed E-state index contributed by atoms with van der Waals surface area (Å²) in [5.74, 6) is 0.0665. The van der Waals surface area contributed by atoms with Gasteiger partial charge in [0.15, 0.2) is 5.11 Å². The molecule has 0 radical (unpaired) electrons. The van der Waals surface area contributed by atoms with E-state index in [1.165, 1.54) is 0 Å². The van der Waals surface area contributed by atoms with Crippen LogP contribution in [0.1, 0.15) is 37.0 Å². The summed E-state index contributed by atoms with van der Waals surface area (Å²) in [6, 6.07) is 6.53. The fourth-order valence-electron chi connectivity index (χ4n) is 1.70. The lowest BCUT2D eigenvalue weighted by molar-refractivity contribution is -0.121. The number of rotatable bonds is 7. The molecule has 0 saturated heterocycles. The number of nitrogens with one attached hydrogen (secondary N) is 4. The van der Waals surface area contributed by atoms with Crippen molar-refractivity contribution in [3.8, 4) is 0 Å². The normalized spacial score (nSPS) is 10.2. The molecule has 24 heavy (non-hydrogen) atoms. The quantitative estimate of drug-likeness (QED) is 0.436. The molecule has 0 aliphatic carbocycles. The van der Waals surface area contributed by atoms with Gasteiger partial charge >= 0.3 is 0 Å². The first-order chi connectivity index (χ1) is 11.4. The van der Waals surface area contributed by atoms with Crippen LogP contribution in [0.3, 0.4) is 0 Å². The first kappa shape index (κ1) is 20.2. The highest BCUT2D eigenvalue weighted by molar-refractivity contribution is 7.80. The van der Waals surface area contributed by atoms with E-state index in [4.69, 9.17) is 23.8 Å². The first-order valence-corrected chi connectivity index (χ1v) is 8.53. The Kier molecular flexibility index (Phi) is 9.11. The summed E-state index contributed by atoms with van der Waals surface area (Å²) < 4.78 is 0. The molecule has 0 saturated carbocycles. The van der Waals surface area contributed by atoms with Crippen LogP contribution in [-0.2, 0) is 4.79 Å². The van der Waals surface area contributed by atoms with Crippen LogP contribution in [-0.4, -0.2) is 30.0 Å². The van der Waals surface area contributed by atoms with Gasteiger partial charge in [-0.3, -0.25) is 20.4 Å². The molecule has 0 atom stereocenters. The van der Waals surface area contributed by atoms with Crippen molar-refractivity contribution in [2.75, 3.05) is 13.1 Å². The number of hydrogen-bond acceptors (Lipinski definition) is 3. The predicted octanol–water partition coefficient (Wildman–Crippen LogP) is 2.00. The van der Waals surface area contributed by atoms with E-state index < -0.39 is 0 Å². The molecule has 0 bridgehead atoms. The smallest absolute Gasteiger partial charge is 0.251 e. The van der Waals surface area contributed by atoms with Crippen molar-refractivity contribution in [1.82, 2.24) is 21.5 Å². The maximum atomic E-state index is 11.8. The van der Waals surface area contributed by atoms with Gasteiger partial charge in [0.25, 0.3) is 5.91 Å². The zero-order valence-corrected chi connectivity index (χ0v) is 15.4. The highest BCUT2D eigenvalue weighted by Gasteiger charge is 2.07. The van der Waals surface area contributed by atoms with E-state index in [-0.39, 0.29) is 24.8 Å². The van der Waals surface area contributed by atoms with E-state index in [1.807, 2.05) is 0 Å². The summed E-state index contributed by atoms with van der Waals surface area (Å²) in [4.78, 5) is 23.5. The second kappa shape index (κ2) is 10.8. The molecule has 0 unspecified atom stereocenters. The van der Waals surface area contributed by atoms with E-state index in [0.717, 1.165) is 13.0 Å². The van der Waals surface area contributed by atoms with Crippen molar-refractivity contribution >= 4 is 40.7 Å². The van der Waals surface area contributed by atoms with E-state index in [1.54, 1.807) is 24.3 Å². The third-order valence-electron chi connectivity index (χ3n) is 3.07. The third kappa shape index (κ3) is 8.69. The van der Waals surface area contributed by atoms with Gasteiger partial charge < -0.3 is 10.6 Å². The van der Waals surface area contributed by atoms with E-state index in [0.29, 0.717) is 21.6 Å². The summed E-state index contributed by atoms with van der Waals surface area (Å²) in [6.45, 7) is 5.22. The molecule has 132 valence electrons. The highest BCUT2D eigenvalue weighted by Crippen LogP contribution is 2.09. The van der Waals surface area contributed by atoms with Crippen molar-refractivity contribution in [1.29, 1.82) is 0 Å². The summed E-state index contributed by atoms with van der Waals surface area (Å²) in [5.41, 5.74) is 5.60. The Morgan fingerprint density at radius 3 is 2.38 bits per heavy atom. The Bertz CT molecular complexity index is 564. The van der Waals surface area contributed by atoms with Crippen molar-refractivity contribution in [2.45, 2.75) is 26.7 Å². The predicted molar refractivity (Wildman–Crippen MR) is 99.7 cm³/mol. The van der Waals surface area contributed by atoms with Crippen LogP contribution in [0.2, 0.25) is 5.02 Å². The fourth-order valence-corrected chi connectivity index (χ4v) is 1.98. The molecule has 0 aromatic heterocycles. The van der Waals surface area contributed by atoms with Gasteiger partial charge in [-0.05, 0) is 48.8 Å². The van der Waals surface area contributed by atoms with Crippen LogP contribution in [0.4, 0.5) is 0 Å². The largest absolute Gasteiger partial charge is 0.361 e. The zero-order valence-electron chi connectivity index (χ0n) is 13.8. The lowest BCUT2D eigenvalue weighted by Crippen LogP contribution is -2.47. The summed E-state index contributed by atoms with van der Waals surface area (Å²) in [7, 11) is 0. The van der Waals surface area contributed by atoms with E-state index in [9.17, 15) is 9.59 Å². The monoisotopic (exact) mass is 370 g/mol. The fraction of sp³-hybridized carbons (Fsp3) is 0.438. The van der Waals surface area contributed by atoms with E-state index in [2.05, 4.69) is 35.3 Å². The number of hydrazine groups is 1. The summed E-state index contributed by atoms with van der Waals surface area (Å²) in [5, 5.41) is 6.59. The first-order valence-electron chi connectivity index (χ1n) is 7.75. The van der Waals surface area contributed by atoms with Gasteiger partial charge in [0, 0.05) is 30.1 Å². The topological polar surface area (TPSA) is 82.3 Å². The molecule has 0 aliphatic rings. The Hall–Kier alpha value is -1.86. The second-order valence-electron chi connectivity index (χ2n) is 5.62. The minimum absolute atomic E-state index is 0.140. The molecular weight excluding hydrogens is 348 g/mol. The van der Waals surface area contributed by atoms with E-state index >= 15 is 0 Å². The average molecular weight is 371 g/mol. The molecule has 1 aromatic rings. The molecule has 0 aliphatic heterocycles. The minimum Gasteiger partial charge on any atom is -0.361 e.